The van der Waals surface area contributed by atoms with Gasteiger partial charge in [-0.25, -0.2) is 19.6 Å². The van der Waals surface area contributed by atoms with Gasteiger partial charge in [0.15, 0.2) is 5.16 Å². The third-order valence-electron chi connectivity index (χ3n) is 2.97. The Bertz CT molecular complexity index is 629. The van der Waals surface area contributed by atoms with E-state index in [1.165, 1.54) is 11.8 Å². The van der Waals surface area contributed by atoms with Crippen molar-refractivity contribution in [3.05, 3.63) is 17.7 Å². The van der Waals surface area contributed by atoms with Crippen molar-refractivity contribution in [2.75, 3.05) is 11.9 Å². The zero-order valence-electron chi connectivity index (χ0n) is 13.4. The molecule has 0 saturated heterocycles. The van der Waals surface area contributed by atoms with Crippen molar-refractivity contribution in [1.82, 2.24) is 24.7 Å². The molecule has 0 bridgehead atoms. The zero-order valence-corrected chi connectivity index (χ0v) is 14.2. The Kier molecular flexibility index (Phi) is 4.51. The monoisotopic (exact) mass is 306 g/mol. The highest BCUT2D eigenvalue weighted by molar-refractivity contribution is 7.99. The Labute approximate surface area is 129 Å². The van der Waals surface area contributed by atoms with E-state index in [2.05, 4.69) is 48.1 Å². The fourth-order valence-corrected chi connectivity index (χ4v) is 2.57. The first-order valence-corrected chi connectivity index (χ1v) is 7.79. The van der Waals surface area contributed by atoms with E-state index in [1.807, 2.05) is 14.0 Å². The van der Waals surface area contributed by atoms with Gasteiger partial charge in [0.05, 0.1) is 0 Å². The van der Waals surface area contributed by atoms with E-state index in [9.17, 15) is 0 Å². The lowest BCUT2D eigenvalue weighted by molar-refractivity contribution is 0.538. The van der Waals surface area contributed by atoms with Gasteiger partial charge in [-0.2, -0.15) is 5.10 Å². The molecule has 0 spiro atoms. The largest absolute Gasteiger partial charge is 0.370 e. The maximum atomic E-state index is 4.73. The number of nitrogens with one attached hydrogen (secondary N) is 1. The Morgan fingerprint density at radius 1 is 1.29 bits per heavy atom. The Morgan fingerprint density at radius 3 is 2.52 bits per heavy atom. The third kappa shape index (κ3) is 3.53. The first kappa shape index (κ1) is 15.8. The quantitative estimate of drug-likeness (QED) is 0.876. The van der Waals surface area contributed by atoms with Gasteiger partial charge in [0, 0.05) is 24.6 Å². The van der Waals surface area contributed by atoms with Crippen LogP contribution < -0.4 is 5.32 Å². The summed E-state index contributed by atoms with van der Waals surface area (Å²) < 4.78 is 1.75. The van der Waals surface area contributed by atoms with Gasteiger partial charge in [0.25, 0.3) is 0 Å². The van der Waals surface area contributed by atoms with E-state index in [4.69, 9.17) is 4.98 Å². The minimum Gasteiger partial charge on any atom is -0.370 e. The Morgan fingerprint density at radius 2 is 2.00 bits per heavy atom. The molecule has 2 heterocycles. The number of anilines is 1. The predicted octanol–water partition coefficient (Wildman–Crippen LogP) is 2.79. The van der Waals surface area contributed by atoms with E-state index < -0.39 is 0 Å². The smallest absolute Gasteiger partial charge is 0.192 e. The van der Waals surface area contributed by atoms with Crippen LogP contribution in [-0.4, -0.2) is 31.3 Å². The summed E-state index contributed by atoms with van der Waals surface area (Å²) >= 11 is 1.52. The highest BCUT2D eigenvalue weighted by Crippen LogP contribution is 2.32. The van der Waals surface area contributed by atoms with Crippen LogP contribution in [-0.2, 0) is 12.5 Å². The van der Waals surface area contributed by atoms with Gasteiger partial charge in [0.2, 0.25) is 0 Å². The molecular formula is C14H22N6S. The van der Waals surface area contributed by atoms with Crippen molar-refractivity contribution in [2.24, 2.45) is 7.05 Å². The van der Waals surface area contributed by atoms with E-state index >= 15 is 0 Å². The first-order chi connectivity index (χ1) is 9.82. The van der Waals surface area contributed by atoms with Crippen molar-refractivity contribution >= 4 is 17.6 Å². The average molecular weight is 306 g/mol. The van der Waals surface area contributed by atoms with Crippen molar-refractivity contribution < 1.29 is 0 Å². The second-order valence-corrected chi connectivity index (χ2v) is 6.83. The van der Waals surface area contributed by atoms with Gasteiger partial charge < -0.3 is 5.32 Å². The summed E-state index contributed by atoms with van der Waals surface area (Å²) in [4.78, 5) is 13.7. The number of aryl methyl sites for hydroxylation is 1. The fourth-order valence-electron chi connectivity index (χ4n) is 1.73. The van der Waals surface area contributed by atoms with Crippen LogP contribution in [0.25, 0.3) is 0 Å². The number of rotatable bonds is 4. The Hall–Kier alpha value is -1.63. The molecule has 0 fully saturated rings. The number of nitrogens with zero attached hydrogens (tertiary/aromatic N) is 5. The molecule has 7 heteroatoms. The molecule has 0 unspecified atom stereocenters. The second kappa shape index (κ2) is 6.01. The standard InChI is InChI=1S/C14H22N6S/c1-7-15-10-9(2)11(19-12(18-10)14(3,4)5)21-13-16-8-17-20(13)6/h8H,7H2,1-6H3,(H,15,18,19). The molecular weight excluding hydrogens is 284 g/mol. The van der Waals surface area contributed by atoms with Crippen LogP contribution in [0.1, 0.15) is 39.1 Å². The summed E-state index contributed by atoms with van der Waals surface area (Å²) in [5.74, 6) is 1.72. The lowest BCUT2D eigenvalue weighted by Gasteiger charge is -2.20. The van der Waals surface area contributed by atoms with E-state index in [0.717, 1.165) is 33.9 Å². The third-order valence-corrected chi connectivity index (χ3v) is 4.12. The fraction of sp³-hybridized carbons (Fsp3) is 0.571. The average Bonchev–Trinajstić information content (AvgIpc) is 2.78. The normalized spacial score (nSPS) is 11.7. The maximum Gasteiger partial charge on any atom is 0.192 e. The second-order valence-electron chi connectivity index (χ2n) is 5.87. The summed E-state index contributed by atoms with van der Waals surface area (Å²) in [5.41, 5.74) is 0.936. The first-order valence-electron chi connectivity index (χ1n) is 6.97. The highest BCUT2D eigenvalue weighted by Gasteiger charge is 2.22. The molecule has 0 atom stereocenters. The molecule has 114 valence electrons. The molecule has 0 aromatic carbocycles. The maximum absolute atomic E-state index is 4.73. The minimum absolute atomic E-state index is 0.104. The Balaban J connectivity index is 2.48. The van der Waals surface area contributed by atoms with Gasteiger partial charge in [0.1, 0.15) is 23.0 Å². The molecule has 21 heavy (non-hydrogen) atoms. The highest BCUT2D eigenvalue weighted by atomic mass is 32.2. The lowest BCUT2D eigenvalue weighted by Crippen LogP contribution is -2.19. The van der Waals surface area contributed by atoms with Gasteiger partial charge in [-0.1, -0.05) is 20.8 Å². The molecule has 0 aliphatic heterocycles. The summed E-state index contributed by atoms with van der Waals surface area (Å²) in [6.45, 7) is 11.3. The van der Waals surface area contributed by atoms with Crippen LogP contribution in [0.4, 0.5) is 5.82 Å². The van der Waals surface area contributed by atoms with Gasteiger partial charge in [-0.15, -0.1) is 0 Å². The van der Waals surface area contributed by atoms with Crippen molar-refractivity contribution in [1.29, 1.82) is 0 Å². The summed E-state index contributed by atoms with van der Waals surface area (Å²) in [5, 5.41) is 9.15. The molecule has 0 aliphatic rings. The zero-order chi connectivity index (χ0) is 15.6. The van der Waals surface area contributed by atoms with Gasteiger partial charge >= 0.3 is 0 Å². The molecule has 1 N–H and O–H groups in total. The van der Waals surface area contributed by atoms with E-state index in [0.29, 0.717) is 0 Å². The minimum atomic E-state index is -0.104. The molecule has 0 radical (unpaired) electrons. The molecule has 0 saturated carbocycles. The number of aromatic nitrogens is 5. The summed E-state index contributed by atoms with van der Waals surface area (Å²) in [7, 11) is 1.88. The molecule has 2 aromatic rings. The van der Waals surface area contributed by atoms with Crippen LogP contribution >= 0.6 is 11.8 Å². The van der Waals surface area contributed by atoms with Crippen molar-refractivity contribution in [2.45, 2.75) is 50.2 Å². The number of hydrogen-bond donors (Lipinski definition) is 1. The molecule has 2 rings (SSSR count). The van der Waals surface area contributed by atoms with Crippen LogP contribution in [0, 0.1) is 6.92 Å². The van der Waals surface area contributed by atoms with Crippen LogP contribution in [0.5, 0.6) is 0 Å². The van der Waals surface area contributed by atoms with Crippen LogP contribution in [0.15, 0.2) is 16.5 Å². The van der Waals surface area contributed by atoms with E-state index in [-0.39, 0.29) is 5.41 Å². The SMILES string of the molecule is CCNc1nc(C(C)(C)C)nc(Sc2ncnn2C)c1C. The predicted molar refractivity (Wildman–Crippen MR) is 84.8 cm³/mol. The number of hydrogen-bond acceptors (Lipinski definition) is 6. The van der Waals surface area contributed by atoms with Gasteiger partial charge in [-0.3, -0.25) is 0 Å². The molecule has 0 amide bonds. The summed E-state index contributed by atoms with van der Waals surface area (Å²) in [6, 6.07) is 0. The molecule has 0 aliphatic carbocycles. The molecule has 6 nitrogen and oxygen atoms in total. The van der Waals surface area contributed by atoms with Crippen LogP contribution in [0.2, 0.25) is 0 Å². The van der Waals surface area contributed by atoms with Gasteiger partial charge in [-0.05, 0) is 25.6 Å². The summed E-state index contributed by atoms with van der Waals surface area (Å²) in [6.07, 6.45) is 1.55. The van der Waals surface area contributed by atoms with Crippen molar-refractivity contribution in [3.8, 4) is 0 Å². The van der Waals surface area contributed by atoms with E-state index in [1.54, 1.807) is 11.0 Å². The topological polar surface area (TPSA) is 68.5 Å². The van der Waals surface area contributed by atoms with Crippen LogP contribution in [0.3, 0.4) is 0 Å². The van der Waals surface area contributed by atoms with Crippen molar-refractivity contribution in [3.63, 3.8) is 0 Å². The lowest BCUT2D eigenvalue weighted by atomic mass is 9.95. The molecule has 2 aromatic heterocycles.